The molecule has 0 atom stereocenters. The van der Waals surface area contributed by atoms with Crippen LogP contribution in [0.1, 0.15) is 18.9 Å². The molecule has 0 fully saturated rings. The number of hydrogen-bond acceptors (Lipinski definition) is 2. The molecule has 1 aromatic heterocycles. The van der Waals surface area contributed by atoms with Gasteiger partial charge in [-0.1, -0.05) is 43.3 Å². The van der Waals surface area contributed by atoms with Crippen molar-refractivity contribution in [1.82, 2.24) is 9.97 Å². The van der Waals surface area contributed by atoms with Crippen molar-refractivity contribution < 1.29 is 0 Å². The van der Waals surface area contributed by atoms with Gasteiger partial charge in [0, 0.05) is 0 Å². The second-order valence-electron chi connectivity index (χ2n) is 3.90. The van der Waals surface area contributed by atoms with Crippen LogP contribution in [0.5, 0.6) is 0 Å². The van der Waals surface area contributed by atoms with Crippen molar-refractivity contribution in [3.05, 3.63) is 67.3 Å². The summed E-state index contributed by atoms with van der Waals surface area (Å²) in [6.45, 7) is 1.90. The number of benzene rings is 1. The summed E-state index contributed by atoms with van der Waals surface area (Å²) in [6.07, 6.45) is 4.03. The average Bonchev–Trinajstić information content (AvgIpc) is 2.37. The zero-order valence-electron chi connectivity index (χ0n) is 10.1. The third kappa shape index (κ3) is 2.66. The van der Waals surface area contributed by atoms with Gasteiger partial charge in [-0.15, -0.1) is 0 Å². The molecule has 0 saturated carbocycles. The fourth-order valence-electron chi connectivity index (χ4n) is 1.66. The molecule has 0 amide bonds. The smallest absolute Gasteiger partial charge is 0.272 e. The van der Waals surface area contributed by atoms with Crippen LogP contribution >= 0.6 is 0 Å². The zero-order valence-corrected chi connectivity index (χ0v) is 10.1. The highest BCUT2D eigenvalue weighted by Crippen LogP contribution is 1.96. The molecule has 0 radical (unpaired) electrons. The molecule has 4 nitrogen and oxygen atoms in total. The first-order chi connectivity index (χ1) is 8.70. The number of hydrogen-bond donors (Lipinski definition) is 2. The molecular formula is C14H14N2O2. The van der Waals surface area contributed by atoms with Gasteiger partial charge in [0.25, 0.3) is 11.1 Å². The molecular weight excluding hydrogens is 228 g/mol. The standard InChI is InChI=1S/C14H14N2O2/c1-2-6-11-13(17)16-12(14(18)15-11)9-10-7-4-3-5-8-10/h3-9H,2H2,1H3,(H,15,18)(H,16,17). The van der Waals surface area contributed by atoms with Crippen LogP contribution < -0.4 is 21.8 Å². The summed E-state index contributed by atoms with van der Waals surface area (Å²) >= 11 is 0. The van der Waals surface area contributed by atoms with Gasteiger partial charge in [0.15, 0.2) is 0 Å². The van der Waals surface area contributed by atoms with Crippen LogP contribution in [0, 0.1) is 0 Å². The fourth-order valence-corrected chi connectivity index (χ4v) is 1.66. The highest BCUT2D eigenvalue weighted by molar-refractivity contribution is 5.47. The molecule has 4 heteroatoms. The minimum absolute atomic E-state index is 0.263. The van der Waals surface area contributed by atoms with Crippen molar-refractivity contribution >= 4 is 12.2 Å². The number of aromatic amines is 2. The third-order valence-corrected chi connectivity index (χ3v) is 2.50. The molecule has 2 rings (SSSR count). The van der Waals surface area contributed by atoms with Crippen LogP contribution in [0.3, 0.4) is 0 Å². The number of aromatic nitrogens is 2. The molecule has 0 aliphatic carbocycles. The van der Waals surface area contributed by atoms with Crippen LogP contribution in [0.25, 0.3) is 12.2 Å². The summed E-state index contributed by atoms with van der Waals surface area (Å²) in [6, 6.07) is 9.37. The van der Waals surface area contributed by atoms with Crippen LogP contribution in [-0.4, -0.2) is 9.97 Å². The predicted octanol–water partition coefficient (Wildman–Crippen LogP) is 0.0825. The topological polar surface area (TPSA) is 65.7 Å². The van der Waals surface area contributed by atoms with E-state index in [2.05, 4.69) is 9.97 Å². The van der Waals surface area contributed by atoms with E-state index in [1.165, 1.54) is 0 Å². The quantitative estimate of drug-likeness (QED) is 0.783. The first-order valence-corrected chi connectivity index (χ1v) is 5.80. The van der Waals surface area contributed by atoms with E-state index in [-0.39, 0.29) is 16.5 Å². The van der Waals surface area contributed by atoms with Gasteiger partial charge in [-0.2, -0.15) is 0 Å². The second kappa shape index (κ2) is 5.31. The Bertz CT molecular complexity index is 755. The second-order valence-corrected chi connectivity index (χ2v) is 3.90. The molecule has 0 aliphatic rings. The summed E-state index contributed by atoms with van der Waals surface area (Å²) < 4.78 is 0. The first-order valence-electron chi connectivity index (χ1n) is 5.80. The Hall–Kier alpha value is -2.36. The summed E-state index contributed by atoms with van der Waals surface area (Å²) in [5.74, 6) is 0. The number of nitrogens with one attached hydrogen (secondary N) is 2. The first kappa shape index (κ1) is 12.1. The van der Waals surface area contributed by atoms with Crippen LogP contribution in [0.15, 0.2) is 39.9 Å². The average molecular weight is 242 g/mol. The van der Waals surface area contributed by atoms with Crippen molar-refractivity contribution in [1.29, 1.82) is 0 Å². The SMILES string of the molecule is CCC=c1[nH]c(=O)c(=Cc2ccccc2)[nH]c1=O. The van der Waals surface area contributed by atoms with Gasteiger partial charge < -0.3 is 9.97 Å². The Balaban J connectivity index is 2.65. The van der Waals surface area contributed by atoms with E-state index in [0.717, 1.165) is 5.56 Å². The Kier molecular flexibility index (Phi) is 3.57. The largest absolute Gasteiger partial charge is 0.316 e. The van der Waals surface area contributed by atoms with Crippen molar-refractivity contribution in [2.45, 2.75) is 13.3 Å². The van der Waals surface area contributed by atoms with Crippen molar-refractivity contribution in [2.75, 3.05) is 0 Å². The van der Waals surface area contributed by atoms with E-state index in [9.17, 15) is 9.59 Å². The summed E-state index contributed by atoms with van der Waals surface area (Å²) in [5, 5.41) is 0.576. The van der Waals surface area contributed by atoms with Crippen molar-refractivity contribution in [3.8, 4) is 0 Å². The van der Waals surface area contributed by atoms with E-state index in [0.29, 0.717) is 11.8 Å². The van der Waals surface area contributed by atoms with Crippen LogP contribution in [0.2, 0.25) is 0 Å². The fraction of sp³-hybridized carbons (Fsp3) is 0.143. The molecule has 1 aromatic carbocycles. The highest BCUT2D eigenvalue weighted by atomic mass is 16.1. The molecule has 18 heavy (non-hydrogen) atoms. The number of rotatable bonds is 2. The van der Waals surface area contributed by atoms with E-state index >= 15 is 0 Å². The van der Waals surface area contributed by atoms with Crippen LogP contribution in [-0.2, 0) is 0 Å². The van der Waals surface area contributed by atoms with E-state index in [4.69, 9.17) is 0 Å². The lowest BCUT2D eigenvalue weighted by atomic mass is 10.2. The lowest BCUT2D eigenvalue weighted by molar-refractivity contribution is 0.995. The van der Waals surface area contributed by atoms with Gasteiger partial charge in [-0.3, -0.25) is 9.59 Å². The molecule has 0 aliphatic heterocycles. The third-order valence-electron chi connectivity index (χ3n) is 2.50. The number of H-pyrrole nitrogens is 2. The van der Waals surface area contributed by atoms with Gasteiger partial charge in [0.1, 0.15) is 10.7 Å². The van der Waals surface area contributed by atoms with Crippen molar-refractivity contribution in [3.63, 3.8) is 0 Å². The minimum Gasteiger partial charge on any atom is -0.316 e. The molecule has 2 N–H and O–H groups in total. The molecule has 0 bridgehead atoms. The Morgan fingerprint density at radius 2 is 1.61 bits per heavy atom. The Labute approximate surface area is 103 Å². The van der Waals surface area contributed by atoms with Gasteiger partial charge in [0.2, 0.25) is 0 Å². The van der Waals surface area contributed by atoms with E-state index in [1.54, 1.807) is 12.2 Å². The van der Waals surface area contributed by atoms with Crippen LogP contribution in [0.4, 0.5) is 0 Å². The van der Waals surface area contributed by atoms with Crippen molar-refractivity contribution in [2.24, 2.45) is 0 Å². The maximum atomic E-state index is 11.8. The molecule has 0 spiro atoms. The minimum atomic E-state index is -0.293. The predicted molar refractivity (Wildman–Crippen MR) is 71.7 cm³/mol. The lowest BCUT2D eigenvalue weighted by Crippen LogP contribution is -2.46. The Morgan fingerprint density at radius 3 is 2.28 bits per heavy atom. The monoisotopic (exact) mass is 242 g/mol. The van der Waals surface area contributed by atoms with Gasteiger partial charge in [0.05, 0.1) is 0 Å². The van der Waals surface area contributed by atoms with E-state index in [1.807, 2.05) is 37.3 Å². The molecule has 92 valence electrons. The Morgan fingerprint density at radius 1 is 1.00 bits per heavy atom. The highest BCUT2D eigenvalue weighted by Gasteiger charge is 1.94. The normalized spacial score (nSPS) is 12.9. The molecule has 0 saturated heterocycles. The summed E-state index contributed by atoms with van der Waals surface area (Å²) in [5.41, 5.74) is 0.294. The van der Waals surface area contributed by atoms with Gasteiger partial charge in [-0.05, 0) is 18.1 Å². The molecule has 1 heterocycles. The summed E-state index contributed by atoms with van der Waals surface area (Å²) in [4.78, 5) is 28.7. The maximum absolute atomic E-state index is 11.8. The summed E-state index contributed by atoms with van der Waals surface area (Å²) in [7, 11) is 0. The molecule has 0 unspecified atom stereocenters. The maximum Gasteiger partial charge on any atom is 0.272 e. The molecule has 2 aromatic rings. The van der Waals surface area contributed by atoms with E-state index < -0.39 is 0 Å². The lowest BCUT2D eigenvalue weighted by Gasteiger charge is -1.92. The van der Waals surface area contributed by atoms with Gasteiger partial charge >= 0.3 is 0 Å². The zero-order chi connectivity index (χ0) is 13.0. The van der Waals surface area contributed by atoms with Gasteiger partial charge in [-0.25, -0.2) is 0 Å².